The first-order valence-corrected chi connectivity index (χ1v) is 23.8. The van der Waals surface area contributed by atoms with Crippen molar-refractivity contribution >= 4 is 79.9 Å². The van der Waals surface area contributed by atoms with Crippen LogP contribution in [0.4, 0.5) is 15.3 Å². The summed E-state index contributed by atoms with van der Waals surface area (Å²) in [7, 11) is 4.56. The van der Waals surface area contributed by atoms with Crippen LogP contribution >= 0.6 is 0 Å². The number of benzene rings is 3. The van der Waals surface area contributed by atoms with Crippen molar-refractivity contribution in [3.05, 3.63) is 82.8 Å². The van der Waals surface area contributed by atoms with Gasteiger partial charge in [-0.1, -0.05) is 32.4 Å². The van der Waals surface area contributed by atoms with Crippen LogP contribution in [0.1, 0.15) is 57.9 Å². The lowest BCUT2D eigenvalue weighted by Crippen LogP contribution is -2.54. The smallest absolute Gasteiger partial charge is 0.409 e. The maximum absolute atomic E-state index is 14.4. The van der Waals surface area contributed by atoms with E-state index < -0.39 is 36.0 Å². The molecule has 8 amide bonds. The third kappa shape index (κ3) is 12.6. The van der Waals surface area contributed by atoms with E-state index in [1.165, 1.54) is 31.3 Å². The molecule has 4 heterocycles. The second-order valence-corrected chi connectivity index (χ2v) is 17.9. The molecule has 2 aliphatic heterocycles. The summed E-state index contributed by atoms with van der Waals surface area (Å²) in [5.74, 6) is -0.713. The highest BCUT2D eigenvalue weighted by atomic mass is 16.7. The largest absolute Gasteiger partial charge is 0.493 e. The van der Waals surface area contributed by atoms with Crippen molar-refractivity contribution in [1.82, 2.24) is 35.3 Å². The van der Waals surface area contributed by atoms with Gasteiger partial charge in [0.1, 0.15) is 18.7 Å². The number of anilines is 1. The molecule has 22 heteroatoms. The van der Waals surface area contributed by atoms with Gasteiger partial charge >= 0.3 is 12.1 Å². The number of nitrogens with zero attached hydrogens (tertiary/aromatic N) is 4. The number of hydrogen-bond donors (Lipinski definition) is 5. The van der Waals surface area contributed by atoms with E-state index in [1.807, 2.05) is 0 Å². The van der Waals surface area contributed by atoms with Gasteiger partial charge in [-0.25, -0.2) is 9.59 Å². The van der Waals surface area contributed by atoms with Gasteiger partial charge in [-0.15, -0.1) is 0 Å². The van der Waals surface area contributed by atoms with Gasteiger partial charge in [0.2, 0.25) is 24.5 Å². The van der Waals surface area contributed by atoms with Gasteiger partial charge < -0.3 is 60.2 Å². The lowest BCUT2D eigenvalue weighted by Gasteiger charge is -2.25. The van der Waals surface area contributed by atoms with Gasteiger partial charge in [0.25, 0.3) is 17.4 Å². The van der Waals surface area contributed by atoms with Crippen LogP contribution in [-0.4, -0.2) is 121 Å². The van der Waals surface area contributed by atoms with E-state index in [1.54, 1.807) is 80.2 Å². The van der Waals surface area contributed by atoms with Crippen molar-refractivity contribution in [2.75, 3.05) is 53.0 Å². The summed E-state index contributed by atoms with van der Waals surface area (Å²) in [5, 5.41) is 13.1. The second kappa shape index (κ2) is 23.7. The average Bonchev–Trinajstić information content (AvgIpc) is 3.97. The van der Waals surface area contributed by atoms with Crippen LogP contribution in [0.15, 0.2) is 71.7 Å². The molecule has 0 saturated carbocycles. The van der Waals surface area contributed by atoms with Crippen molar-refractivity contribution < 1.29 is 57.2 Å². The number of imide groups is 1. The molecule has 6 N–H and O–H groups in total. The number of likely N-dealkylation sites (N-methyl/N-ethyl adjacent to an activating group) is 1. The minimum Gasteiger partial charge on any atom is -0.493 e. The summed E-state index contributed by atoms with van der Waals surface area (Å²) in [6, 6.07) is 10.7. The lowest BCUT2D eigenvalue weighted by molar-refractivity contribution is -0.137. The number of methoxy groups -OCH3 is 2. The highest BCUT2D eigenvalue weighted by Gasteiger charge is 2.30. The molecule has 2 aromatic heterocycles. The molecule has 3 aromatic carbocycles. The maximum Gasteiger partial charge on any atom is 0.409 e. The van der Waals surface area contributed by atoms with E-state index in [9.17, 15) is 38.4 Å². The molecule has 7 rings (SSSR count). The van der Waals surface area contributed by atoms with Gasteiger partial charge in [-0.05, 0) is 67.5 Å². The maximum atomic E-state index is 14.4. The molecule has 5 aromatic rings. The van der Waals surface area contributed by atoms with Gasteiger partial charge in [-0.3, -0.25) is 38.7 Å². The van der Waals surface area contributed by atoms with Crippen LogP contribution in [-0.2, 0) is 41.9 Å². The number of aromatic nitrogens is 2. The Kier molecular flexibility index (Phi) is 17.0. The van der Waals surface area contributed by atoms with Gasteiger partial charge in [0, 0.05) is 85.9 Å². The zero-order valence-corrected chi connectivity index (χ0v) is 41.2. The first kappa shape index (κ1) is 52.4. The van der Waals surface area contributed by atoms with Gasteiger partial charge in [-0.2, -0.15) is 0 Å². The predicted molar refractivity (Wildman–Crippen MR) is 268 cm³/mol. The molecule has 22 nitrogen and oxygen atoms in total. The molecular weight excluding hydrogens is 947 g/mol. The number of hydrogen-bond acceptors (Lipinski definition) is 14. The Morgan fingerprint density at radius 1 is 0.808 bits per heavy atom. The molecule has 0 bridgehead atoms. The van der Waals surface area contributed by atoms with Crippen LogP contribution in [0, 0.1) is 5.92 Å². The van der Waals surface area contributed by atoms with E-state index >= 15 is 0 Å². The highest BCUT2D eigenvalue weighted by molar-refractivity contribution is 6.15. The fourth-order valence-corrected chi connectivity index (χ4v) is 8.52. The number of ether oxygens (including phenoxy) is 5. The van der Waals surface area contributed by atoms with Crippen LogP contribution in [0.5, 0.6) is 23.0 Å². The third-order valence-electron chi connectivity index (χ3n) is 12.5. The average molecular weight is 1010 g/mol. The Labute approximate surface area is 419 Å². The van der Waals surface area contributed by atoms with Gasteiger partial charge in [0.05, 0.1) is 30.6 Å². The standard InChI is InChI=1S/C51H59N9O13/c1-29(2)45(57-42(61)11-7-6-8-19-59-43(62)16-17-44(59)63)48(65)56-36(10-9-18-53-50(52)67)47(64)55-31-14-12-30(13-15-31)27-71-51(68)58(3)20-21-60-46-34-24-40-41(73-28-72-40)25-37(34)54-26-35(46)32-22-38(69-4)39(70-5)23-33(32)49(60)66/h12-17,22-26,29,36,45H,6-11,18-21,27-28H2,1-5H3,(H,55,64)(H,56,65)(H,57,61)(H3,52,53,67)/t36-,45-/m0/s1. The van der Waals surface area contributed by atoms with E-state index in [0.29, 0.717) is 86.1 Å². The number of nitrogens with two attached hydrogens (primary N) is 1. The van der Waals surface area contributed by atoms with Crippen LogP contribution in [0.3, 0.4) is 0 Å². The summed E-state index contributed by atoms with van der Waals surface area (Å²) < 4.78 is 29.6. The van der Waals surface area contributed by atoms with Crippen molar-refractivity contribution in [2.45, 2.75) is 77.6 Å². The number of rotatable bonds is 23. The van der Waals surface area contributed by atoms with Gasteiger partial charge in [0.15, 0.2) is 23.0 Å². The Morgan fingerprint density at radius 3 is 2.16 bits per heavy atom. The van der Waals surface area contributed by atoms with Crippen LogP contribution < -0.4 is 51.5 Å². The number of fused-ring (bicyclic) bond motifs is 6. The SMILES string of the molecule is COc1cc2c(=O)n(CCN(C)C(=O)OCc3ccc(NC(=O)[C@H](CCCNC(N)=O)NC(=O)[C@@H](NC(=O)CCCCCN4C(=O)C=CC4=O)C(C)C)cc3)c3c4cc5c(cc4ncc3c2cc1OC)OCO5. The summed E-state index contributed by atoms with van der Waals surface area (Å²) in [4.78, 5) is 110. The van der Waals surface area contributed by atoms with E-state index in [0.717, 1.165) is 4.90 Å². The number of primary amides is 1. The number of pyridine rings is 2. The Hall–Kier alpha value is -8.43. The van der Waals surface area contributed by atoms with E-state index in [2.05, 4.69) is 21.3 Å². The summed E-state index contributed by atoms with van der Waals surface area (Å²) in [6.07, 6.45) is 5.54. The van der Waals surface area contributed by atoms with E-state index in [4.69, 9.17) is 34.4 Å². The molecule has 386 valence electrons. The molecule has 2 aliphatic rings. The molecule has 2 atom stereocenters. The minimum atomic E-state index is -1.07. The number of urea groups is 1. The zero-order chi connectivity index (χ0) is 52.3. The normalized spacial score (nSPS) is 13.6. The van der Waals surface area contributed by atoms with Crippen molar-refractivity contribution in [2.24, 2.45) is 11.7 Å². The monoisotopic (exact) mass is 1010 g/mol. The van der Waals surface area contributed by atoms with Crippen molar-refractivity contribution in [3.63, 3.8) is 0 Å². The number of nitrogens with one attached hydrogen (secondary N) is 4. The molecule has 0 spiro atoms. The fraction of sp³-hybridized carbons (Fsp3) is 0.392. The first-order valence-electron chi connectivity index (χ1n) is 23.8. The summed E-state index contributed by atoms with van der Waals surface area (Å²) >= 11 is 0. The summed E-state index contributed by atoms with van der Waals surface area (Å²) in [6.45, 7) is 4.01. The van der Waals surface area contributed by atoms with Crippen molar-refractivity contribution in [1.29, 1.82) is 0 Å². The highest BCUT2D eigenvalue weighted by Crippen LogP contribution is 2.40. The third-order valence-corrected chi connectivity index (χ3v) is 12.5. The molecule has 73 heavy (non-hydrogen) atoms. The van der Waals surface area contributed by atoms with Crippen molar-refractivity contribution in [3.8, 4) is 23.0 Å². The quantitative estimate of drug-likeness (QED) is 0.0348. The number of carbonyl (C=O) groups is 7. The molecular formula is C51H59N9O13. The number of amides is 8. The molecule has 0 aliphatic carbocycles. The Morgan fingerprint density at radius 2 is 1.49 bits per heavy atom. The zero-order valence-electron chi connectivity index (χ0n) is 41.2. The minimum absolute atomic E-state index is 0.0517. The Balaban J connectivity index is 0.956. The second-order valence-electron chi connectivity index (χ2n) is 17.9. The fourth-order valence-electron chi connectivity index (χ4n) is 8.52. The number of unbranched alkanes of at least 4 members (excludes halogenated alkanes) is 2. The molecule has 0 fully saturated rings. The lowest BCUT2D eigenvalue weighted by atomic mass is 10.0. The summed E-state index contributed by atoms with van der Waals surface area (Å²) in [5.41, 5.74) is 7.03. The Bertz CT molecular complexity index is 3010. The molecule has 0 radical (unpaired) electrons. The number of carbonyl (C=O) groups excluding carboxylic acids is 7. The van der Waals surface area contributed by atoms with E-state index in [-0.39, 0.29) is 88.0 Å². The predicted octanol–water partition coefficient (Wildman–Crippen LogP) is 4.22. The first-order chi connectivity index (χ1) is 35.1. The molecule has 0 unspecified atom stereocenters. The topological polar surface area (TPSA) is 281 Å². The molecule has 0 saturated heterocycles. The van der Waals surface area contributed by atoms with Crippen LogP contribution in [0.2, 0.25) is 0 Å². The van der Waals surface area contributed by atoms with Crippen LogP contribution in [0.25, 0.3) is 32.6 Å².